The number of piperidine rings is 1. The van der Waals surface area contributed by atoms with Crippen LogP contribution in [0.5, 0.6) is 5.75 Å². The van der Waals surface area contributed by atoms with Gasteiger partial charge in [-0.3, -0.25) is 0 Å². The highest BCUT2D eigenvalue weighted by atomic mass is 16.5. The number of hydrogen-bond acceptors (Lipinski definition) is 3. The summed E-state index contributed by atoms with van der Waals surface area (Å²) in [6, 6.07) is 19.3. The Morgan fingerprint density at radius 1 is 0.935 bits per heavy atom. The largest absolute Gasteiger partial charge is 0.497 e. The number of fused-ring (bicyclic) bond motifs is 1. The van der Waals surface area contributed by atoms with Gasteiger partial charge in [0, 0.05) is 30.3 Å². The lowest BCUT2D eigenvalue weighted by Crippen LogP contribution is -2.35. The molecule has 2 aromatic carbocycles. The molecule has 0 spiro atoms. The van der Waals surface area contributed by atoms with Crippen LogP contribution in [0.4, 0.5) is 0 Å². The monoisotopic (exact) mass is 415 g/mol. The SMILES string of the molecule is COc1ccc(-c2nc(C3CCN(CCc4ccccc4)CC3)n3c2CCCC3)cc1. The van der Waals surface area contributed by atoms with Crippen LogP contribution in [-0.4, -0.2) is 41.2 Å². The van der Waals surface area contributed by atoms with Crippen LogP contribution >= 0.6 is 0 Å². The van der Waals surface area contributed by atoms with Gasteiger partial charge in [-0.05, 0) is 81.4 Å². The van der Waals surface area contributed by atoms with E-state index in [4.69, 9.17) is 9.72 Å². The van der Waals surface area contributed by atoms with Crippen LogP contribution in [0.1, 0.15) is 48.7 Å². The summed E-state index contributed by atoms with van der Waals surface area (Å²) >= 11 is 0. The van der Waals surface area contributed by atoms with Crippen molar-refractivity contribution in [2.24, 2.45) is 0 Å². The zero-order valence-electron chi connectivity index (χ0n) is 18.6. The van der Waals surface area contributed by atoms with Gasteiger partial charge in [0.05, 0.1) is 12.8 Å². The highest BCUT2D eigenvalue weighted by Gasteiger charge is 2.28. The molecule has 0 atom stereocenters. The molecular weight excluding hydrogens is 382 g/mol. The number of rotatable bonds is 6. The Bertz CT molecular complexity index is 985. The summed E-state index contributed by atoms with van der Waals surface area (Å²) < 4.78 is 7.91. The van der Waals surface area contributed by atoms with Gasteiger partial charge in [-0.1, -0.05) is 30.3 Å². The highest BCUT2D eigenvalue weighted by molar-refractivity contribution is 5.64. The molecule has 0 radical (unpaired) electrons. The summed E-state index contributed by atoms with van der Waals surface area (Å²) in [6.07, 6.45) is 7.26. The van der Waals surface area contributed by atoms with Crippen molar-refractivity contribution in [1.82, 2.24) is 14.5 Å². The van der Waals surface area contributed by atoms with Crippen molar-refractivity contribution in [2.45, 2.75) is 51.0 Å². The Balaban J connectivity index is 1.30. The lowest BCUT2D eigenvalue weighted by Gasteiger charge is -2.32. The van der Waals surface area contributed by atoms with E-state index in [0.29, 0.717) is 5.92 Å². The summed E-state index contributed by atoms with van der Waals surface area (Å²) in [7, 11) is 1.72. The van der Waals surface area contributed by atoms with E-state index >= 15 is 0 Å². The number of nitrogens with zero attached hydrogens (tertiary/aromatic N) is 3. The van der Waals surface area contributed by atoms with Gasteiger partial charge < -0.3 is 14.2 Å². The van der Waals surface area contributed by atoms with Gasteiger partial charge in [0.15, 0.2) is 0 Å². The summed E-state index contributed by atoms with van der Waals surface area (Å²) in [5.74, 6) is 2.82. The molecule has 3 aromatic rings. The Morgan fingerprint density at radius 2 is 1.71 bits per heavy atom. The number of likely N-dealkylation sites (tertiary alicyclic amines) is 1. The summed E-state index contributed by atoms with van der Waals surface area (Å²) in [6.45, 7) is 4.64. The van der Waals surface area contributed by atoms with Gasteiger partial charge in [0.25, 0.3) is 0 Å². The number of hydrogen-bond donors (Lipinski definition) is 0. The Kier molecular flexibility index (Phi) is 6.08. The van der Waals surface area contributed by atoms with E-state index in [1.165, 1.54) is 67.1 Å². The van der Waals surface area contributed by atoms with Crippen LogP contribution in [0.3, 0.4) is 0 Å². The fourth-order valence-corrected chi connectivity index (χ4v) is 5.21. The van der Waals surface area contributed by atoms with Crippen molar-refractivity contribution in [3.8, 4) is 17.0 Å². The van der Waals surface area contributed by atoms with Crippen molar-refractivity contribution in [2.75, 3.05) is 26.7 Å². The van der Waals surface area contributed by atoms with Crippen molar-refractivity contribution in [3.05, 3.63) is 71.7 Å². The second kappa shape index (κ2) is 9.27. The van der Waals surface area contributed by atoms with Crippen molar-refractivity contribution >= 4 is 0 Å². The second-order valence-corrected chi connectivity index (χ2v) is 8.95. The minimum absolute atomic E-state index is 0.580. The molecule has 4 nitrogen and oxygen atoms in total. The Labute approximate surface area is 185 Å². The van der Waals surface area contributed by atoms with Crippen molar-refractivity contribution < 1.29 is 4.74 Å². The predicted octanol–water partition coefficient (Wildman–Crippen LogP) is 5.32. The lowest BCUT2D eigenvalue weighted by molar-refractivity contribution is 0.209. The molecule has 31 heavy (non-hydrogen) atoms. The molecule has 5 rings (SSSR count). The molecule has 0 amide bonds. The van der Waals surface area contributed by atoms with Crippen molar-refractivity contribution in [1.29, 1.82) is 0 Å². The predicted molar refractivity (Wildman–Crippen MR) is 126 cm³/mol. The van der Waals surface area contributed by atoms with Gasteiger partial charge in [-0.15, -0.1) is 0 Å². The second-order valence-electron chi connectivity index (χ2n) is 8.95. The number of benzene rings is 2. The number of methoxy groups -OCH3 is 1. The molecule has 3 heterocycles. The minimum Gasteiger partial charge on any atom is -0.497 e. The first-order valence-electron chi connectivity index (χ1n) is 11.8. The van der Waals surface area contributed by atoms with Crippen LogP contribution in [0.15, 0.2) is 54.6 Å². The van der Waals surface area contributed by atoms with Crippen LogP contribution in [0.2, 0.25) is 0 Å². The molecule has 1 fully saturated rings. The first-order valence-corrected chi connectivity index (χ1v) is 11.8. The van der Waals surface area contributed by atoms with Gasteiger partial charge in [-0.2, -0.15) is 0 Å². The number of ether oxygens (including phenoxy) is 1. The molecule has 4 heteroatoms. The zero-order valence-corrected chi connectivity index (χ0v) is 18.6. The van der Waals surface area contributed by atoms with Crippen LogP contribution in [0.25, 0.3) is 11.3 Å². The smallest absolute Gasteiger partial charge is 0.118 e. The third-order valence-electron chi connectivity index (χ3n) is 7.02. The molecule has 0 aliphatic carbocycles. The van der Waals surface area contributed by atoms with Crippen LogP contribution < -0.4 is 4.74 Å². The minimum atomic E-state index is 0.580. The molecule has 2 aliphatic rings. The van der Waals surface area contributed by atoms with Gasteiger partial charge in [0.1, 0.15) is 11.6 Å². The van der Waals surface area contributed by atoms with E-state index in [2.05, 4.69) is 64.1 Å². The molecule has 0 bridgehead atoms. The number of aromatic nitrogens is 2. The van der Waals surface area contributed by atoms with E-state index in [0.717, 1.165) is 31.7 Å². The first kappa shape index (κ1) is 20.3. The quantitative estimate of drug-likeness (QED) is 0.546. The summed E-state index contributed by atoms with van der Waals surface area (Å²) in [4.78, 5) is 7.90. The molecular formula is C27H33N3O. The zero-order chi connectivity index (χ0) is 21.0. The average Bonchev–Trinajstić information content (AvgIpc) is 3.23. The average molecular weight is 416 g/mol. The van der Waals surface area contributed by atoms with E-state index in [1.54, 1.807) is 7.11 Å². The molecule has 0 saturated carbocycles. The fourth-order valence-electron chi connectivity index (χ4n) is 5.21. The van der Waals surface area contributed by atoms with E-state index in [9.17, 15) is 0 Å². The van der Waals surface area contributed by atoms with E-state index < -0.39 is 0 Å². The molecule has 2 aliphatic heterocycles. The molecule has 0 N–H and O–H groups in total. The van der Waals surface area contributed by atoms with Gasteiger partial charge in [0.2, 0.25) is 0 Å². The van der Waals surface area contributed by atoms with Crippen LogP contribution in [-0.2, 0) is 19.4 Å². The Morgan fingerprint density at radius 3 is 2.45 bits per heavy atom. The molecule has 1 saturated heterocycles. The maximum absolute atomic E-state index is 5.35. The van der Waals surface area contributed by atoms with E-state index in [-0.39, 0.29) is 0 Å². The number of imidazole rings is 1. The van der Waals surface area contributed by atoms with Gasteiger partial charge in [-0.25, -0.2) is 4.98 Å². The normalized spacial score (nSPS) is 17.5. The third kappa shape index (κ3) is 4.40. The summed E-state index contributed by atoms with van der Waals surface area (Å²) in [5, 5.41) is 0. The van der Waals surface area contributed by atoms with Crippen LogP contribution in [0, 0.1) is 0 Å². The topological polar surface area (TPSA) is 30.3 Å². The molecule has 1 aromatic heterocycles. The van der Waals surface area contributed by atoms with E-state index in [1.807, 2.05) is 0 Å². The highest BCUT2D eigenvalue weighted by Crippen LogP contribution is 2.35. The molecule has 162 valence electrons. The molecule has 0 unspecified atom stereocenters. The maximum Gasteiger partial charge on any atom is 0.118 e. The lowest BCUT2D eigenvalue weighted by atomic mass is 9.95. The standard InChI is InChI=1S/C27H33N3O/c1-31-24-12-10-22(11-13-24)26-25-9-5-6-17-30(25)27(28-26)23-15-19-29(20-16-23)18-14-21-7-3-2-4-8-21/h2-4,7-8,10-13,23H,5-6,9,14-20H2,1H3. The Hall–Kier alpha value is -2.59. The van der Waals surface area contributed by atoms with Gasteiger partial charge >= 0.3 is 0 Å². The summed E-state index contributed by atoms with van der Waals surface area (Å²) in [5.41, 5.74) is 5.30. The fraction of sp³-hybridized carbons (Fsp3) is 0.444. The first-order chi connectivity index (χ1) is 15.3. The third-order valence-corrected chi connectivity index (χ3v) is 7.02. The maximum atomic E-state index is 5.35. The van der Waals surface area contributed by atoms with Crippen molar-refractivity contribution in [3.63, 3.8) is 0 Å².